The minimum atomic E-state index is 0.673. The lowest BCUT2D eigenvalue weighted by molar-refractivity contribution is 0.143. The first kappa shape index (κ1) is 18.0. The molecule has 134 valence electrons. The van der Waals surface area contributed by atoms with Gasteiger partial charge in [0.25, 0.3) is 0 Å². The molecule has 1 saturated carbocycles. The van der Waals surface area contributed by atoms with Gasteiger partial charge in [0, 0.05) is 12.1 Å². The van der Waals surface area contributed by atoms with E-state index >= 15 is 0 Å². The van der Waals surface area contributed by atoms with Gasteiger partial charge in [-0.25, -0.2) is 0 Å². The molecule has 2 unspecified atom stereocenters. The highest BCUT2D eigenvalue weighted by Crippen LogP contribution is 2.38. The second kappa shape index (κ2) is 9.61. The van der Waals surface area contributed by atoms with Crippen LogP contribution in [0, 0.1) is 0 Å². The predicted molar refractivity (Wildman–Crippen MR) is 105 cm³/mol. The molecule has 0 aromatic rings. The van der Waals surface area contributed by atoms with Gasteiger partial charge in [-0.05, 0) is 44.2 Å². The van der Waals surface area contributed by atoms with Crippen LogP contribution < -0.4 is 0 Å². The molecule has 0 radical (unpaired) electrons. The molecule has 0 saturated heterocycles. The second-order valence-corrected chi connectivity index (χ2v) is 8.04. The molecule has 2 atom stereocenters. The van der Waals surface area contributed by atoms with Gasteiger partial charge < -0.3 is 0 Å². The van der Waals surface area contributed by atoms with Crippen molar-refractivity contribution in [3.8, 4) is 0 Å². The van der Waals surface area contributed by atoms with Crippen LogP contribution in [0.5, 0.6) is 0 Å². The van der Waals surface area contributed by atoms with Crippen molar-refractivity contribution in [2.75, 3.05) is 6.54 Å². The van der Waals surface area contributed by atoms with Gasteiger partial charge in [-0.3, -0.25) is 4.90 Å². The Morgan fingerprint density at radius 1 is 0.958 bits per heavy atom. The Kier molecular flexibility index (Phi) is 7.20. The van der Waals surface area contributed by atoms with Crippen molar-refractivity contribution >= 4 is 0 Å². The van der Waals surface area contributed by atoms with Crippen LogP contribution in [0.4, 0.5) is 0 Å². The summed E-state index contributed by atoms with van der Waals surface area (Å²) in [4.78, 5) is 2.88. The van der Waals surface area contributed by atoms with Crippen molar-refractivity contribution in [1.82, 2.24) is 4.90 Å². The highest BCUT2D eigenvalue weighted by Gasteiger charge is 2.35. The van der Waals surface area contributed by atoms with Crippen molar-refractivity contribution in [1.29, 1.82) is 0 Å². The summed E-state index contributed by atoms with van der Waals surface area (Å²) in [5.41, 5.74) is 3.32. The van der Waals surface area contributed by atoms with E-state index in [1.165, 1.54) is 90.0 Å². The fourth-order valence-corrected chi connectivity index (χ4v) is 4.84. The highest BCUT2D eigenvalue weighted by atomic mass is 15.2. The fourth-order valence-electron chi connectivity index (χ4n) is 4.84. The molecule has 1 aliphatic heterocycles. The monoisotopic (exact) mass is 327 g/mol. The maximum atomic E-state index is 2.88. The molecule has 1 heterocycles. The maximum absolute atomic E-state index is 2.88. The lowest BCUT2D eigenvalue weighted by atomic mass is 9.80. The largest absolute Gasteiger partial charge is 0.289 e. The van der Waals surface area contributed by atoms with Crippen molar-refractivity contribution in [2.45, 2.75) is 102 Å². The van der Waals surface area contributed by atoms with Crippen molar-refractivity contribution in [2.24, 2.45) is 0 Å². The number of rotatable bonds is 9. The van der Waals surface area contributed by atoms with Crippen molar-refractivity contribution < 1.29 is 0 Å². The summed E-state index contributed by atoms with van der Waals surface area (Å²) < 4.78 is 0. The van der Waals surface area contributed by atoms with Gasteiger partial charge in [0.05, 0.1) is 0 Å². The number of hydrogen-bond acceptors (Lipinski definition) is 1. The van der Waals surface area contributed by atoms with E-state index in [1.54, 1.807) is 11.1 Å². The van der Waals surface area contributed by atoms with E-state index in [-0.39, 0.29) is 0 Å². The van der Waals surface area contributed by atoms with Gasteiger partial charge in [0.1, 0.15) is 0 Å². The average molecular weight is 328 g/mol. The first-order valence-electron chi connectivity index (χ1n) is 10.7. The number of unbranched alkanes of at least 4 members (excludes halogenated alkanes) is 7. The molecular formula is C23H37N. The van der Waals surface area contributed by atoms with Gasteiger partial charge in [-0.15, -0.1) is 0 Å². The molecule has 24 heavy (non-hydrogen) atoms. The Hall–Kier alpha value is -0.820. The van der Waals surface area contributed by atoms with E-state index in [1.807, 2.05) is 0 Å². The summed E-state index contributed by atoms with van der Waals surface area (Å²) in [6, 6.07) is 1.43. The Labute approximate surface area is 149 Å². The van der Waals surface area contributed by atoms with Gasteiger partial charge in [-0.1, -0.05) is 88.2 Å². The zero-order valence-corrected chi connectivity index (χ0v) is 15.8. The van der Waals surface area contributed by atoms with Crippen LogP contribution in [-0.2, 0) is 0 Å². The molecular weight excluding hydrogens is 290 g/mol. The number of hydrogen-bond donors (Lipinski definition) is 0. The molecule has 0 spiro atoms. The first-order valence-corrected chi connectivity index (χ1v) is 10.7. The normalized spacial score (nSPS) is 26.5. The van der Waals surface area contributed by atoms with Crippen LogP contribution in [0.25, 0.3) is 0 Å². The Balaban J connectivity index is 1.47. The molecule has 3 rings (SSSR count). The van der Waals surface area contributed by atoms with Crippen LogP contribution in [-0.4, -0.2) is 23.5 Å². The highest BCUT2D eigenvalue weighted by molar-refractivity contribution is 5.40. The number of nitrogens with zero attached hydrogens (tertiary/aromatic N) is 1. The topological polar surface area (TPSA) is 3.24 Å². The molecule has 0 N–H and O–H groups in total. The summed E-state index contributed by atoms with van der Waals surface area (Å²) >= 11 is 0. The lowest BCUT2D eigenvalue weighted by Crippen LogP contribution is -2.49. The van der Waals surface area contributed by atoms with E-state index in [9.17, 15) is 0 Å². The average Bonchev–Trinajstić information content (AvgIpc) is 2.63. The molecule has 2 aliphatic carbocycles. The van der Waals surface area contributed by atoms with E-state index in [0.717, 1.165) is 6.04 Å². The molecule has 3 aliphatic rings. The Morgan fingerprint density at radius 2 is 1.75 bits per heavy atom. The van der Waals surface area contributed by atoms with Gasteiger partial charge >= 0.3 is 0 Å². The molecule has 0 bridgehead atoms. The summed E-state index contributed by atoms with van der Waals surface area (Å²) in [7, 11) is 0. The number of allylic oxidation sites excluding steroid dienone is 2. The van der Waals surface area contributed by atoms with Gasteiger partial charge in [0.2, 0.25) is 0 Å². The first-order chi connectivity index (χ1) is 11.9. The summed E-state index contributed by atoms with van der Waals surface area (Å²) in [5, 5.41) is 0. The molecule has 0 amide bonds. The van der Waals surface area contributed by atoms with Crippen molar-refractivity contribution in [3.63, 3.8) is 0 Å². The maximum Gasteiger partial charge on any atom is 0.0388 e. The van der Waals surface area contributed by atoms with E-state index in [0.29, 0.717) is 6.04 Å². The zero-order chi connectivity index (χ0) is 16.6. The summed E-state index contributed by atoms with van der Waals surface area (Å²) in [6.45, 7) is 3.61. The minimum absolute atomic E-state index is 0.673. The third-order valence-corrected chi connectivity index (χ3v) is 6.21. The second-order valence-electron chi connectivity index (χ2n) is 8.04. The lowest BCUT2D eigenvalue weighted by Gasteiger charge is -2.46. The SMILES string of the molecule is CCCCCCCCCCN1C2CC=CC=C2C=C2CCCCC21. The molecule has 0 aromatic carbocycles. The van der Waals surface area contributed by atoms with Crippen molar-refractivity contribution in [3.05, 3.63) is 35.5 Å². The summed E-state index contributed by atoms with van der Waals surface area (Å²) in [6.07, 6.45) is 27.8. The molecule has 0 aromatic heterocycles. The van der Waals surface area contributed by atoms with E-state index in [2.05, 4.69) is 36.1 Å². The van der Waals surface area contributed by atoms with Crippen LogP contribution in [0.3, 0.4) is 0 Å². The standard InChI is InChI=1S/C23H37N/c1-2-3-4-5-6-7-8-13-18-24-22-16-11-9-14-20(22)19-21-15-10-12-17-23(21)24/h9,11,14,19,22-23H,2-8,10,12-13,15-18H2,1H3. The predicted octanol–water partition coefficient (Wildman–Crippen LogP) is 6.57. The van der Waals surface area contributed by atoms with Crippen LogP contribution in [0.15, 0.2) is 35.5 Å². The van der Waals surface area contributed by atoms with E-state index < -0.39 is 0 Å². The van der Waals surface area contributed by atoms with Crippen LogP contribution in [0.1, 0.15) is 90.4 Å². The quantitative estimate of drug-likeness (QED) is 0.433. The molecule has 1 heteroatoms. The summed E-state index contributed by atoms with van der Waals surface area (Å²) in [5.74, 6) is 0. The van der Waals surface area contributed by atoms with Crippen LogP contribution in [0.2, 0.25) is 0 Å². The smallest absolute Gasteiger partial charge is 0.0388 e. The molecule has 1 fully saturated rings. The Morgan fingerprint density at radius 3 is 2.58 bits per heavy atom. The van der Waals surface area contributed by atoms with Gasteiger partial charge in [-0.2, -0.15) is 0 Å². The zero-order valence-electron chi connectivity index (χ0n) is 15.8. The molecule has 1 nitrogen and oxygen atoms in total. The Bertz CT molecular complexity index is 470. The van der Waals surface area contributed by atoms with E-state index in [4.69, 9.17) is 0 Å². The van der Waals surface area contributed by atoms with Gasteiger partial charge in [0.15, 0.2) is 0 Å². The van der Waals surface area contributed by atoms with Crippen LogP contribution >= 0.6 is 0 Å². The third kappa shape index (κ3) is 4.63. The fraction of sp³-hybridized carbons (Fsp3) is 0.739. The third-order valence-electron chi connectivity index (χ3n) is 6.21. The number of fused-ring (bicyclic) bond motifs is 2. The minimum Gasteiger partial charge on any atom is -0.289 e.